The molecule has 0 spiro atoms. The summed E-state index contributed by atoms with van der Waals surface area (Å²) >= 11 is 6.12. The van der Waals surface area contributed by atoms with Gasteiger partial charge in [-0.15, -0.1) is 0 Å². The number of hydrogen-bond acceptors (Lipinski definition) is 5. The summed E-state index contributed by atoms with van der Waals surface area (Å²) in [6, 6.07) is 4.17. The van der Waals surface area contributed by atoms with E-state index in [1.165, 1.54) is 18.2 Å². The van der Waals surface area contributed by atoms with Crippen LogP contribution in [0.5, 0.6) is 0 Å². The zero-order valence-electron chi connectivity index (χ0n) is 15.9. The fourth-order valence-corrected chi connectivity index (χ4v) is 5.16. The Kier molecular flexibility index (Phi) is 7.33. The topological polar surface area (TPSA) is 93.7 Å². The number of hydrogen-bond donors (Lipinski definition) is 2. The number of ether oxygens (including phenoxy) is 2. The van der Waals surface area contributed by atoms with Crippen LogP contribution >= 0.6 is 11.6 Å². The molecule has 0 radical (unpaired) electrons. The summed E-state index contributed by atoms with van der Waals surface area (Å²) in [7, 11) is -3.85. The van der Waals surface area contributed by atoms with Crippen molar-refractivity contribution in [1.82, 2.24) is 10.0 Å². The minimum atomic E-state index is -3.85. The van der Waals surface area contributed by atoms with E-state index in [1.807, 2.05) is 6.92 Å². The highest BCUT2D eigenvalue weighted by Gasteiger charge is 2.27. The van der Waals surface area contributed by atoms with Gasteiger partial charge < -0.3 is 14.8 Å². The maximum atomic E-state index is 12.7. The van der Waals surface area contributed by atoms with Gasteiger partial charge in [-0.25, -0.2) is 13.1 Å². The van der Waals surface area contributed by atoms with E-state index >= 15 is 0 Å². The van der Waals surface area contributed by atoms with Crippen molar-refractivity contribution in [3.8, 4) is 0 Å². The van der Waals surface area contributed by atoms with Crippen molar-refractivity contribution < 1.29 is 22.7 Å². The van der Waals surface area contributed by atoms with Crippen LogP contribution in [0.1, 0.15) is 49.4 Å². The van der Waals surface area contributed by atoms with Crippen molar-refractivity contribution in [2.45, 2.75) is 62.2 Å². The fraction of sp³-hybridized carbons (Fsp3) is 0.632. The Morgan fingerprint density at radius 1 is 1.25 bits per heavy atom. The molecule has 0 saturated carbocycles. The molecule has 0 unspecified atom stereocenters. The Morgan fingerprint density at radius 2 is 2.00 bits per heavy atom. The summed E-state index contributed by atoms with van der Waals surface area (Å²) in [5, 5.41) is 3.03. The second kappa shape index (κ2) is 9.54. The van der Waals surface area contributed by atoms with E-state index in [9.17, 15) is 13.2 Å². The van der Waals surface area contributed by atoms with Crippen molar-refractivity contribution >= 4 is 27.5 Å². The number of amides is 1. The Hall–Kier alpha value is -1.19. The van der Waals surface area contributed by atoms with Crippen molar-refractivity contribution in [1.29, 1.82) is 0 Å². The van der Waals surface area contributed by atoms with Crippen LogP contribution in [0.4, 0.5) is 0 Å². The molecular formula is C19H27ClN2O5S. The summed E-state index contributed by atoms with van der Waals surface area (Å²) in [6.45, 7) is 3.52. The number of rotatable bonds is 8. The van der Waals surface area contributed by atoms with Crippen LogP contribution in [-0.2, 0) is 19.5 Å². The highest BCUT2D eigenvalue weighted by molar-refractivity contribution is 7.89. The number of halogens is 1. The monoisotopic (exact) mass is 430 g/mol. The molecule has 2 heterocycles. The highest BCUT2D eigenvalue weighted by atomic mass is 35.5. The molecule has 2 N–H and O–H groups in total. The molecule has 0 aliphatic carbocycles. The van der Waals surface area contributed by atoms with Gasteiger partial charge in [-0.3, -0.25) is 4.79 Å². The maximum absolute atomic E-state index is 12.7. The molecule has 9 heteroatoms. The van der Waals surface area contributed by atoms with Gasteiger partial charge in [-0.05, 0) is 50.3 Å². The second-order valence-corrected chi connectivity index (χ2v) is 9.31. The molecule has 2 fully saturated rings. The molecule has 7 nitrogen and oxygen atoms in total. The summed E-state index contributed by atoms with van der Waals surface area (Å²) in [5.74, 6) is -0.338. The third-order valence-corrected chi connectivity index (χ3v) is 7.08. The first-order valence-electron chi connectivity index (χ1n) is 9.74. The van der Waals surface area contributed by atoms with E-state index in [4.69, 9.17) is 21.1 Å². The number of carbonyl (C=O) groups is 1. The Morgan fingerprint density at radius 3 is 2.64 bits per heavy atom. The van der Waals surface area contributed by atoms with Gasteiger partial charge in [0.25, 0.3) is 5.91 Å². The van der Waals surface area contributed by atoms with Gasteiger partial charge in [0.15, 0.2) is 0 Å². The lowest BCUT2D eigenvalue weighted by Crippen LogP contribution is -2.42. The lowest BCUT2D eigenvalue weighted by Gasteiger charge is -2.23. The predicted octanol–water partition coefficient (Wildman–Crippen LogP) is 2.48. The van der Waals surface area contributed by atoms with E-state index in [-0.39, 0.29) is 46.2 Å². The van der Waals surface area contributed by atoms with Crippen LogP contribution in [0.3, 0.4) is 0 Å². The van der Waals surface area contributed by atoms with E-state index in [0.29, 0.717) is 13.2 Å². The van der Waals surface area contributed by atoms with Gasteiger partial charge in [0, 0.05) is 25.3 Å². The van der Waals surface area contributed by atoms with Gasteiger partial charge in [-0.2, -0.15) is 0 Å². The average molecular weight is 431 g/mol. The van der Waals surface area contributed by atoms with E-state index in [1.54, 1.807) is 0 Å². The fourth-order valence-electron chi connectivity index (χ4n) is 3.57. The molecule has 0 bridgehead atoms. The number of benzene rings is 1. The normalized spacial score (nSPS) is 23.6. The summed E-state index contributed by atoms with van der Waals surface area (Å²) in [6.07, 6.45) is 4.24. The number of nitrogens with one attached hydrogen (secondary N) is 2. The summed E-state index contributed by atoms with van der Waals surface area (Å²) in [4.78, 5) is 12.6. The standard InChI is InChI=1S/C19H27ClN2O5S/c1-2-16(17-6-4-10-27-17)22-19(23)13-7-8-15(20)18(11-13)28(24,25)21-12-14-5-3-9-26-14/h7-8,11,14,16-17,21H,2-6,9-10,12H2,1H3,(H,22,23)/t14-,16+,17+/m1/s1. The van der Waals surface area contributed by atoms with Gasteiger partial charge in [0.1, 0.15) is 4.90 Å². The first-order chi connectivity index (χ1) is 13.4. The molecule has 3 rings (SSSR count). The maximum Gasteiger partial charge on any atom is 0.251 e. The second-order valence-electron chi connectivity index (χ2n) is 7.17. The first kappa shape index (κ1) is 21.5. The summed E-state index contributed by atoms with van der Waals surface area (Å²) in [5.41, 5.74) is 0.248. The van der Waals surface area contributed by atoms with Crippen molar-refractivity contribution in [3.63, 3.8) is 0 Å². The molecule has 2 aliphatic rings. The molecular weight excluding hydrogens is 404 g/mol. The van der Waals surface area contributed by atoms with Crippen LogP contribution < -0.4 is 10.0 Å². The van der Waals surface area contributed by atoms with Crippen LogP contribution in [-0.4, -0.2) is 52.3 Å². The molecule has 28 heavy (non-hydrogen) atoms. The van der Waals surface area contributed by atoms with Crippen LogP contribution in [0, 0.1) is 0 Å². The van der Waals surface area contributed by atoms with Gasteiger partial charge in [0.05, 0.1) is 23.3 Å². The zero-order chi connectivity index (χ0) is 20.1. The highest BCUT2D eigenvalue weighted by Crippen LogP contribution is 2.24. The van der Waals surface area contributed by atoms with Gasteiger partial charge in [0.2, 0.25) is 10.0 Å². The largest absolute Gasteiger partial charge is 0.377 e. The Balaban J connectivity index is 1.71. The van der Waals surface area contributed by atoms with Crippen LogP contribution in [0.2, 0.25) is 5.02 Å². The Labute approximate surface area is 171 Å². The molecule has 2 saturated heterocycles. The minimum absolute atomic E-state index is 0.00229. The zero-order valence-corrected chi connectivity index (χ0v) is 17.5. The molecule has 1 aromatic carbocycles. The minimum Gasteiger partial charge on any atom is -0.377 e. The number of carbonyl (C=O) groups excluding carboxylic acids is 1. The van der Waals surface area contributed by atoms with Gasteiger partial charge in [-0.1, -0.05) is 18.5 Å². The van der Waals surface area contributed by atoms with Crippen molar-refractivity contribution in [3.05, 3.63) is 28.8 Å². The Bertz CT molecular complexity index is 790. The smallest absolute Gasteiger partial charge is 0.251 e. The molecule has 156 valence electrons. The van der Waals surface area contributed by atoms with Crippen molar-refractivity contribution in [2.75, 3.05) is 19.8 Å². The molecule has 2 aliphatic heterocycles. The van der Waals surface area contributed by atoms with E-state index in [0.717, 1.165) is 32.1 Å². The summed E-state index contributed by atoms with van der Waals surface area (Å²) < 4.78 is 39.0. The van der Waals surface area contributed by atoms with Crippen molar-refractivity contribution in [2.24, 2.45) is 0 Å². The lowest BCUT2D eigenvalue weighted by atomic mass is 10.0. The van der Waals surface area contributed by atoms with E-state index in [2.05, 4.69) is 10.0 Å². The van der Waals surface area contributed by atoms with Gasteiger partial charge >= 0.3 is 0 Å². The third kappa shape index (κ3) is 5.24. The molecule has 1 amide bonds. The first-order valence-corrected chi connectivity index (χ1v) is 11.6. The number of sulfonamides is 1. The quantitative estimate of drug-likeness (QED) is 0.660. The lowest BCUT2D eigenvalue weighted by molar-refractivity contribution is 0.0665. The SMILES string of the molecule is CC[C@H](NC(=O)c1ccc(Cl)c(S(=O)(=O)NC[C@H]2CCCO2)c1)[C@@H]1CCCO1. The van der Waals surface area contributed by atoms with E-state index < -0.39 is 10.0 Å². The molecule has 3 atom stereocenters. The van der Waals surface area contributed by atoms with Crippen LogP contribution in [0.15, 0.2) is 23.1 Å². The average Bonchev–Trinajstić information content (AvgIpc) is 3.38. The molecule has 0 aromatic heterocycles. The third-order valence-electron chi connectivity index (χ3n) is 5.18. The van der Waals surface area contributed by atoms with Crippen LogP contribution in [0.25, 0.3) is 0 Å². The predicted molar refractivity (Wildman–Crippen MR) is 106 cm³/mol. The molecule has 1 aromatic rings.